The van der Waals surface area contributed by atoms with Crippen LogP contribution in [0, 0.1) is 0 Å². The van der Waals surface area contributed by atoms with E-state index < -0.39 is 35.5 Å². The van der Waals surface area contributed by atoms with Crippen LogP contribution < -0.4 is 0 Å². The second-order valence-corrected chi connectivity index (χ2v) is 4.22. The third-order valence-corrected chi connectivity index (χ3v) is 1.57. The molecule has 0 atom stereocenters. The lowest BCUT2D eigenvalue weighted by Gasteiger charge is -2.31. The van der Waals surface area contributed by atoms with Gasteiger partial charge in [-0.05, 0) is 20.8 Å². The van der Waals surface area contributed by atoms with Gasteiger partial charge in [0.15, 0.2) is 0 Å². The number of ether oxygens (including phenoxy) is 1. The van der Waals surface area contributed by atoms with Crippen LogP contribution >= 0.6 is 0 Å². The fraction of sp³-hybridized carbons (Fsp3) is 0.667. The predicted octanol–water partition coefficient (Wildman–Crippen LogP) is 0.184. The Morgan fingerprint density at radius 1 is 1.00 bits per heavy atom. The van der Waals surface area contributed by atoms with Crippen LogP contribution in [0.1, 0.15) is 27.2 Å². The zero-order valence-corrected chi connectivity index (χ0v) is 9.18. The molecular weight excluding hydrogens is 220 g/mol. The van der Waals surface area contributed by atoms with Gasteiger partial charge < -0.3 is 20.1 Å². The molecule has 0 amide bonds. The summed E-state index contributed by atoms with van der Waals surface area (Å²) in [6.07, 6.45) is -1.14. The van der Waals surface area contributed by atoms with Crippen molar-refractivity contribution in [1.82, 2.24) is 0 Å². The quantitative estimate of drug-likeness (QED) is 0.580. The highest BCUT2D eigenvalue weighted by Gasteiger charge is 2.52. The molecule has 0 aliphatic carbocycles. The van der Waals surface area contributed by atoms with Gasteiger partial charge in [-0.25, -0.2) is 9.59 Å². The fourth-order valence-electron chi connectivity index (χ4n) is 1.10. The molecule has 0 saturated heterocycles. The fourth-order valence-corrected chi connectivity index (χ4v) is 1.10. The molecule has 0 aromatic heterocycles. The summed E-state index contributed by atoms with van der Waals surface area (Å²) in [7, 11) is 0. The van der Waals surface area contributed by atoms with Crippen molar-refractivity contribution in [2.24, 2.45) is 0 Å². The van der Waals surface area contributed by atoms with Crippen molar-refractivity contribution in [3.05, 3.63) is 0 Å². The summed E-state index contributed by atoms with van der Waals surface area (Å²) in [4.78, 5) is 32.3. The molecular formula is C9H14O7. The molecule has 0 bridgehead atoms. The lowest BCUT2D eigenvalue weighted by atomic mass is 9.98. The molecule has 7 nitrogen and oxygen atoms in total. The SMILES string of the molecule is CC(C)(C)OC(CC(=O)O)(C(=O)O)C(=O)O. The van der Waals surface area contributed by atoms with Gasteiger partial charge in [0.25, 0.3) is 5.60 Å². The summed E-state index contributed by atoms with van der Waals surface area (Å²) in [5.41, 5.74) is -3.85. The van der Waals surface area contributed by atoms with E-state index in [9.17, 15) is 14.4 Å². The van der Waals surface area contributed by atoms with E-state index in [4.69, 9.17) is 20.1 Å². The van der Waals surface area contributed by atoms with Crippen molar-refractivity contribution in [2.45, 2.75) is 38.4 Å². The summed E-state index contributed by atoms with van der Waals surface area (Å²) in [5, 5.41) is 26.2. The van der Waals surface area contributed by atoms with E-state index in [2.05, 4.69) is 0 Å². The molecule has 0 saturated carbocycles. The topological polar surface area (TPSA) is 121 Å². The van der Waals surface area contributed by atoms with Crippen molar-refractivity contribution >= 4 is 17.9 Å². The van der Waals surface area contributed by atoms with E-state index in [0.29, 0.717) is 0 Å². The Balaban J connectivity index is 5.36. The minimum Gasteiger partial charge on any atom is -0.481 e. The summed E-state index contributed by atoms with van der Waals surface area (Å²) in [6.45, 7) is 4.32. The van der Waals surface area contributed by atoms with E-state index in [-0.39, 0.29) is 0 Å². The first-order valence-electron chi connectivity index (χ1n) is 4.40. The molecule has 0 radical (unpaired) electrons. The molecule has 0 aromatic rings. The molecule has 0 heterocycles. The number of carbonyl (C=O) groups is 3. The van der Waals surface area contributed by atoms with Crippen LogP contribution in [0.5, 0.6) is 0 Å². The van der Waals surface area contributed by atoms with Crippen molar-refractivity contribution < 1.29 is 34.4 Å². The van der Waals surface area contributed by atoms with Crippen LogP contribution in [-0.2, 0) is 19.1 Å². The molecule has 0 fully saturated rings. The highest BCUT2D eigenvalue weighted by Crippen LogP contribution is 2.25. The number of carboxylic acid groups (broad SMARTS) is 3. The Hall–Kier alpha value is -1.63. The molecule has 16 heavy (non-hydrogen) atoms. The van der Waals surface area contributed by atoms with Crippen LogP contribution in [0.15, 0.2) is 0 Å². The number of hydrogen-bond donors (Lipinski definition) is 3. The Morgan fingerprint density at radius 2 is 1.38 bits per heavy atom. The van der Waals surface area contributed by atoms with Gasteiger partial charge >= 0.3 is 17.9 Å². The molecule has 0 spiro atoms. The maximum atomic E-state index is 10.9. The highest BCUT2D eigenvalue weighted by molar-refractivity contribution is 6.04. The van der Waals surface area contributed by atoms with Crippen LogP contribution in [0.4, 0.5) is 0 Å². The molecule has 0 aromatic carbocycles. The minimum absolute atomic E-state index is 1.09. The van der Waals surface area contributed by atoms with Gasteiger partial charge in [0.05, 0.1) is 12.0 Å². The van der Waals surface area contributed by atoms with E-state index >= 15 is 0 Å². The second kappa shape index (κ2) is 4.48. The summed E-state index contributed by atoms with van der Waals surface area (Å²) >= 11 is 0. The van der Waals surface area contributed by atoms with E-state index in [1.807, 2.05) is 0 Å². The highest BCUT2D eigenvalue weighted by atomic mass is 16.6. The first-order valence-corrected chi connectivity index (χ1v) is 4.40. The zero-order chi connectivity index (χ0) is 13.1. The van der Waals surface area contributed by atoms with Gasteiger partial charge in [0, 0.05) is 0 Å². The van der Waals surface area contributed by atoms with Crippen LogP contribution in [-0.4, -0.2) is 44.4 Å². The summed E-state index contributed by atoms with van der Waals surface area (Å²) < 4.78 is 4.88. The standard InChI is InChI=1S/C9H14O7/c1-8(2,3)16-9(6(12)13,7(14)15)4-5(10)11/h4H2,1-3H3,(H,10,11)(H,12,13)(H,14,15). The molecule has 0 aliphatic heterocycles. The monoisotopic (exact) mass is 234 g/mol. The number of aliphatic carboxylic acids is 3. The normalized spacial score (nSPS) is 12.2. The third kappa shape index (κ3) is 3.50. The Kier molecular flexibility index (Phi) is 4.02. The molecule has 0 aliphatic rings. The van der Waals surface area contributed by atoms with Gasteiger partial charge in [-0.2, -0.15) is 0 Å². The van der Waals surface area contributed by atoms with Gasteiger partial charge in [-0.1, -0.05) is 0 Å². The van der Waals surface area contributed by atoms with E-state index in [0.717, 1.165) is 0 Å². The minimum atomic E-state index is -2.76. The molecule has 92 valence electrons. The maximum Gasteiger partial charge on any atom is 0.348 e. The third-order valence-electron chi connectivity index (χ3n) is 1.57. The predicted molar refractivity (Wildman–Crippen MR) is 51.1 cm³/mol. The van der Waals surface area contributed by atoms with Crippen molar-refractivity contribution in [2.75, 3.05) is 0 Å². The van der Waals surface area contributed by atoms with Crippen LogP contribution in [0.2, 0.25) is 0 Å². The molecule has 0 rings (SSSR count). The first kappa shape index (κ1) is 14.4. The van der Waals surface area contributed by atoms with Crippen molar-refractivity contribution in [3.8, 4) is 0 Å². The lowest BCUT2D eigenvalue weighted by Crippen LogP contribution is -2.54. The average molecular weight is 234 g/mol. The molecule has 3 N–H and O–H groups in total. The second-order valence-electron chi connectivity index (χ2n) is 4.22. The van der Waals surface area contributed by atoms with Crippen molar-refractivity contribution in [1.29, 1.82) is 0 Å². The average Bonchev–Trinajstić information content (AvgIpc) is 1.98. The van der Waals surface area contributed by atoms with Gasteiger partial charge in [0.1, 0.15) is 0 Å². The number of carboxylic acids is 3. The van der Waals surface area contributed by atoms with Crippen molar-refractivity contribution in [3.63, 3.8) is 0 Å². The number of rotatable bonds is 5. The summed E-state index contributed by atoms with van der Waals surface area (Å²) in [6, 6.07) is 0. The molecule has 7 heteroatoms. The Labute approximate surface area is 91.6 Å². The first-order chi connectivity index (χ1) is 7.01. The largest absolute Gasteiger partial charge is 0.481 e. The smallest absolute Gasteiger partial charge is 0.348 e. The van der Waals surface area contributed by atoms with E-state index in [1.54, 1.807) is 0 Å². The Morgan fingerprint density at radius 3 is 1.56 bits per heavy atom. The lowest BCUT2D eigenvalue weighted by molar-refractivity contribution is -0.203. The molecule has 0 unspecified atom stereocenters. The van der Waals surface area contributed by atoms with Crippen LogP contribution in [0.3, 0.4) is 0 Å². The van der Waals surface area contributed by atoms with Gasteiger partial charge in [-0.3, -0.25) is 4.79 Å². The number of hydrogen-bond acceptors (Lipinski definition) is 4. The van der Waals surface area contributed by atoms with Gasteiger partial charge in [-0.15, -0.1) is 0 Å². The maximum absolute atomic E-state index is 10.9. The zero-order valence-electron chi connectivity index (χ0n) is 9.18. The Bertz CT molecular complexity index is 298. The van der Waals surface area contributed by atoms with Crippen LogP contribution in [0.25, 0.3) is 0 Å². The van der Waals surface area contributed by atoms with Gasteiger partial charge in [0.2, 0.25) is 0 Å². The summed E-state index contributed by atoms with van der Waals surface area (Å²) in [5.74, 6) is -5.23. The van der Waals surface area contributed by atoms with E-state index in [1.165, 1.54) is 20.8 Å².